The van der Waals surface area contributed by atoms with Gasteiger partial charge in [0.15, 0.2) is 6.29 Å². The van der Waals surface area contributed by atoms with Crippen LogP contribution in [0.5, 0.6) is 0 Å². The fraction of sp³-hybridized carbons (Fsp3) is 0.440. The lowest BCUT2D eigenvalue weighted by Crippen LogP contribution is -2.56. The van der Waals surface area contributed by atoms with Gasteiger partial charge in [-0.1, -0.05) is 25.1 Å². The van der Waals surface area contributed by atoms with Crippen LogP contribution in [-0.2, 0) is 14.3 Å². The van der Waals surface area contributed by atoms with Crippen molar-refractivity contribution in [1.82, 2.24) is 5.32 Å². The molecule has 2 aliphatic heterocycles. The standard InChI is InChI=1S/C25H29N3O6/c1-15-22(29)23(30)21(34-25(15)32)14-27-24(31)19(13-26)11-16-2-3-18-12-20(5-4-17(18)10-16)28-6-8-33-9-7-28/h2-5,10-12,15,21-23,25,29-30,32H,6-9,14H2,1H3,(H,27,31)/b19-11+/t15-,21-,22-,23-,25?/m1/s1. The Hall–Kier alpha value is -3.00. The van der Waals surface area contributed by atoms with Crippen molar-refractivity contribution in [3.63, 3.8) is 0 Å². The number of morpholine rings is 1. The van der Waals surface area contributed by atoms with Crippen molar-refractivity contribution in [2.24, 2.45) is 5.92 Å². The topological polar surface area (TPSA) is 135 Å². The summed E-state index contributed by atoms with van der Waals surface area (Å²) in [5, 5.41) is 44.1. The summed E-state index contributed by atoms with van der Waals surface area (Å²) in [5.74, 6) is -1.29. The molecule has 2 saturated heterocycles. The Morgan fingerprint density at radius 3 is 2.59 bits per heavy atom. The van der Waals surface area contributed by atoms with Gasteiger partial charge in [-0.3, -0.25) is 4.79 Å². The van der Waals surface area contributed by atoms with Crippen LogP contribution < -0.4 is 10.2 Å². The second kappa shape index (κ2) is 10.5. The minimum atomic E-state index is -1.27. The van der Waals surface area contributed by atoms with E-state index in [9.17, 15) is 25.4 Å². The largest absolute Gasteiger partial charge is 0.390 e. The van der Waals surface area contributed by atoms with Crippen LogP contribution in [0.2, 0.25) is 0 Å². The number of nitrogens with zero attached hydrogens (tertiary/aromatic N) is 2. The van der Waals surface area contributed by atoms with Crippen LogP contribution in [0.1, 0.15) is 12.5 Å². The molecule has 2 aromatic carbocycles. The first-order chi connectivity index (χ1) is 16.4. The van der Waals surface area contributed by atoms with Crippen LogP contribution in [0, 0.1) is 17.2 Å². The summed E-state index contributed by atoms with van der Waals surface area (Å²) in [6.45, 7) is 4.53. The number of benzene rings is 2. The number of ether oxygens (including phenoxy) is 2. The molecule has 2 fully saturated rings. The molecule has 0 aliphatic carbocycles. The third-order valence-corrected chi connectivity index (χ3v) is 6.40. The first-order valence-corrected chi connectivity index (χ1v) is 11.3. The highest BCUT2D eigenvalue weighted by Crippen LogP contribution is 2.26. The Morgan fingerprint density at radius 1 is 1.15 bits per heavy atom. The van der Waals surface area contributed by atoms with Crippen molar-refractivity contribution in [1.29, 1.82) is 5.26 Å². The first kappa shape index (κ1) is 24.1. The molecular formula is C25H29N3O6. The monoisotopic (exact) mass is 467 g/mol. The number of hydrogen-bond donors (Lipinski definition) is 4. The van der Waals surface area contributed by atoms with Crippen molar-refractivity contribution in [2.75, 3.05) is 37.7 Å². The molecule has 0 spiro atoms. The van der Waals surface area contributed by atoms with E-state index < -0.39 is 36.4 Å². The average Bonchev–Trinajstić information content (AvgIpc) is 2.87. The van der Waals surface area contributed by atoms with Crippen LogP contribution in [-0.4, -0.2) is 78.7 Å². The predicted octanol–water partition coefficient (Wildman–Crippen LogP) is 0.775. The lowest BCUT2D eigenvalue weighted by Gasteiger charge is -2.39. The Bertz CT molecular complexity index is 1110. The van der Waals surface area contributed by atoms with Gasteiger partial charge in [0, 0.05) is 31.2 Å². The normalized spacial score (nSPS) is 27.9. The van der Waals surface area contributed by atoms with E-state index in [-0.39, 0.29) is 12.1 Å². The maximum absolute atomic E-state index is 12.6. The van der Waals surface area contributed by atoms with E-state index in [0.29, 0.717) is 18.8 Å². The van der Waals surface area contributed by atoms with Gasteiger partial charge in [-0.2, -0.15) is 5.26 Å². The number of hydrogen-bond acceptors (Lipinski definition) is 8. The van der Waals surface area contributed by atoms with Gasteiger partial charge >= 0.3 is 0 Å². The highest BCUT2D eigenvalue weighted by atomic mass is 16.6. The van der Waals surface area contributed by atoms with Crippen LogP contribution in [0.15, 0.2) is 42.0 Å². The Balaban J connectivity index is 1.44. The van der Waals surface area contributed by atoms with Crippen molar-refractivity contribution in [3.05, 3.63) is 47.5 Å². The van der Waals surface area contributed by atoms with Gasteiger partial charge in [0.25, 0.3) is 5.91 Å². The molecule has 0 aromatic heterocycles. The van der Waals surface area contributed by atoms with Gasteiger partial charge in [0.2, 0.25) is 0 Å². The summed E-state index contributed by atoms with van der Waals surface area (Å²) in [6, 6.07) is 13.8. The number of nitriles is 1. The zero-order valence-electron chi connectivity index (χ0n) is 18.9. The van der Waals surface area contributed by atoms with Gasteiger partial charge in [-0.05, 0) is 40.6 Å². The lowest BCUT2D eigenvalue weighted by molar-refractivity contribution is -0.258. The third-order valence-electron chi connectivity index (χ3n) is 6.40. The minimum absolute atomic E-state index is 0.107. The molecule has 180 valence electrons. The molecule has 9 nitrogen and oxygen atoms in total. The average molecular weight is 468 g/mol. The molecule has 5 atom stereocenters. The number of aliphatic hydroxyl groups excluding tert-OH is 3. The predicted molar refractivity (Wildman–Crippen MR) is 126 cm³/mol. The number of fused-ring (bicyclic) bond motifs is 1. The molecule has 0 bridgehead atoms. The Kier molecular flexibility index (Phi) is 7.46. The third kappa shape index (κ3) is 5.22. The second-order valence-corrected chi connectivity index (χ2v) is 8.68. The van der Waals surface area contributed by atoms with E-state index in [0.717, 1.165) is 29.5 Å². The lowest BCUT2D eigenvalue weighted by atomic mass is 9.92. The van der Waals surface area contributed by atoms with Gasteiger partial charge < -0.3 is 35.0 Å². The van der Waals surface area contributed by atoms with E-state index in [1.165, 1.54) is 6.08 Å². The molecule has 4 rings (SSSR count). The van der Waals surface area contributed by atoms with Gasteiger partial charge in [0.1, 0.15) is 23.9 Å². The van der Waals surface area contributed by atoms with Crippen LogP contribution in [0.4, 0.5) is 5.69 Å². The van der Waals surface area contributed by atoms with Crippen molar-refractivity contribution >= 4 is 28.4 Å². The van der Waals surface area contributed by atoms with Crippen LogP contribution in [0.25, 0.3) is 16.8 Å². The van der Waals surface area contributed by atoms with E-state index in [1.54, 1.807) is 6.92 Å². The summed E-state index contributed by atoms with van der Waals surface area (Å²) in [4.78, 5) is 14.8. The van der Waals surface area contributed by atoms with Crippen molar-refractivity contribution < 1.29 is 29.6 Å². The summed E-state index contributed by atoms with van der Waals surface area (Å²) in [6.07, 6.45) is -3.21. The van der Waals surface area contributed by atoms with Gasteiger partial charge in [-0.15, -0.1) is 0 Å². The molecule has 2 heterocycles. The van der Waals surface area contributed by atoms with E-state index in [1.807, 2.05) is 30.3 Å². The number of aliphatic hydroxyl groups is 3. The van der Waals surface area contributed by atoms with E-state index in [4.69, 9.17) is 9.47 Å². The molecule has 0 radical (unpaired) electrons. The summed E-state index contributed by atoms with van der Waals surface area (Å²) in [5.41, 5.74) is 1.73. The Labute approximate surface area is 197 Å². The van der Waals surface area contributed by atoms with Crippen molar-refractivity contribution in [2.45, 2.75) is 31.5 Å². The zero-order valence-corrected chi connectivity index (χ0v) is 18.9. The molecule has 9 heteroatoms. The smallest absolute Gasteiger partial charge is 0.262 e. The number of carbonyl (C=O) groups is 1. The van der Waals surface area contributed by atoms with Crippen LogP contribution >= 0.6 is 0 Å². The molecule has 4 N–H and O–H groups in total. The highest BCUT2D eigenvalue weighted by molar-refractivity contribution is 6.02. The number of amides is 1. The number of nitrogens with one attached hydrogen (secondary N) is 1. The van der Waals surface area contributed by atoms with Crippen LogP contribution in [0.3, 0.4) is 0 Å². The molecule has 34 heavy (non-hydrogen) atoms. The number of anilines is 1. The molecular weight excluding hydrogens is 438 g/mol. The summed E-state index contributed by atoms with van der Waals surface area (Å²) >= 11 is 0. The number of rotatable bonds is 5. The molecule has 1 amide bonds. The molecule has 2 aliphatic rings. The van der Waals surface area contributed by atoms with E-state index in [2.05, 4.69) is 22.3 Å². The fourth-order valence-electron chi connectivity index (χ4n) is 4.22. The highest BCUT2D eigenvalue weighted by Gasteiger charge is 2.41. The zero-order chi connectivity index (χ0) is 24.2. The minimum Gasteiger partial charge on any atom is -0.390 e. The summed E-state index contributed by atoms with van der Waals surface area (Å²) in [7, 11) is 0. The van der Waals surface area contributed by atoms with Gasteiger partial charge in [0.05, 0.1) is 19.3 Å². The molecule has 0 saturated carbocycles. The van der Waals surface area contributed by atoms with Crippen molar-refractivity contribution in [3.8, 4) is 6.07 Å². The first-order valence-electron chi connectivity index (χ1n) is 11.3. The SMILES string of the molecule is C[C@H]1C(O)O[C@H](CNC(=O)/C(C#N)=C/c2ccc3cc(N4CCOCC4)ccc3c2)[C@@H](O)[C@@H]1O. The fourth-order valence-corrected chi connectivity index (χ4v) is 4.22. The van der Waals surface area contributed by atoms with Gasteiger partial charge in [-0.25, -0.2) is 0 Å². The maximum Gasteiger partial charge on any atom is 0.262 e. The quantitative estimate of drug-likeness (QED) is 0.374. The van der Waals surface area contributed by atoms with E-state index >= 15 is 0 Å². The second-order valence-electron chi connectivity index (χ2n) is 8.68. The molecule has 1 unspecified atom stereocenters. The molecule has 2 aromatic rings. The maximum atomic E-state index is 12.6. The Morgan fingerprint density at radius 2 is 1.85 bits per heavy atom. The summed E-state index contributed by atoms with van der Waals surface area (Å²) < 4.78 is 10.7. The number of carbonyl (C=O) groups excluding carboxylic acids is 1.